The van der Waals surface area contributed by atoms with Gasteiger partial charge in [0.15, 0.2) is 10.6 Å². The van der Waals surface area contributed by atoms with Crippen molar-refractivity contribution < 1.29 is 23.1 Å². The Hall–Kier alpha value is -2.84. The van der Waals surface area contributed by atoms with Crippen molar-refractivity contribution in [3.63, 3.8) is 0 Å². The van der Waals surface area contributed by atoms with Crippen LogP contribution >= 0.6 is 22.9 Å². The Morgan fingerprint density at radius 2 is 2.03 bits per heavy atom. The molecule has 1 aromatic heterocycles. The molecule has 0 spiro atoms. The molecule has 0 N–H and O–H groups in total. The van der Waals surface area contributed by atoms with Crippen LogP contribution in [-0.4, -0.2) is 23.1 Å². The van der Waals surface area contributed by atoms with Crippen LogP contribution in [0, 0.1) is 11.6 Å². The van der Waals surface area contributed by atoms with Gasteiger partial charge in [-0.3, -0.25) is 9.59 Å². The minimum atomic E-state index is -0.860. The highest BCUT2D eigenvalue weighted by Gasteiger charge is 2.16. The summed E-state index contributed by atoms with van der Waals surface area (Å²) in [6.07, 6.45) is 2.70. The molecule has 0 aliphatic carbocycles. The van der Waals surface area contributed by atoms with Crippen molar-refractivity contribution in [2.45, 2.75) is 13.5 Å². The van der Waals surface area contributed by atoms with E-state index in [0.29, 0.717) is 16.7 Å². The number of rotatable bonds is 5. The summed E-state index contributed by atoms with van der Waals surface area (Å²) in [5.74, 6) is -2.90. The number of hydrogen-bond acceptors (Lipinski definition) is 4. The first-order chi connectivity index (χ1) is 13.9. The van der Waals surface area contributed by atoms with Crippen molar-refractivity contribution in [2.75, 3.05) is 6.61 Å². The number of fused-ring (bicyclic) bond motifs is 1. The van der Waals surface area contributed by atoms with Gasteiger partial charge in [-0.05, 0) is 30.7 Å². The van der Waals surface area contributed by atoms with E-state index in [1.807, 2.05) is 0 Å². The largest absolute Gasteiger partial charge is 0.465 e. The van der Waals surface area contributed by atoms with Crippen LogP contribution in [0.1, 0.15) is 12.5 Å². The van der Waals surface area contributed by atoms with E-state index < -0.39 is 23.5 Å². The molecule has 0 saturated carbocycles. The third-order valence-corrected chi connectivity index (χ3v) is 5.17. The summed E-state index contributed by atoms with van der Waals surface area (Å²) in [6, 6.07) is 8.76. The first kappa shape index (κ1) is 20.9. The number of thiazole rings is 1. The molecule has 29 heavy (non-hydrogen) atoms. The molecular weight excluding hydrogens is 422 g/mol. The summed E-state index contributed by atoms with van der Waals surface area (Å²) < 4.78 is 34.2. The number of esters is 1. The minimum absolute atomic E-state index is 0.0221. The van der Waals surface area contributed by atoms with E-state index in [9.17, 15) is 18.4 Å². The molecule has 3 aromatic rings. The smallest absolute Gasteiger partial charge is 0.326 e. The van der Waals surface area contributed by atoms with Gasteiger partial charge >= 0.3 is 5.97 Å². The number of nitrogens with zero attached hydrogens (tertiary/aromatic N) is 2. The summed E-state index contributed by atoms with van der Waals surface area (Å²) in [6.45, 7) is 1.42. The average Bonchev–Trinajstić information content (AvgIpc) is 2.98. The van der Waals surface area contributed by atoms with E-state index >= 15 is 0 Å². The topological polar surface area (TPSA) is 60.7 Å². The molecule has 0 aliphatic heterocycles. The molecule has 3 rings (SSSR count). The van der Waals surface area contributed by atoms with Crippen LogP contribution in [0.4, 0.5) is 8.78 Å². The maximum absolute atomic E-state index is 14.3. The van der Waals surface area contributed by atoms with Gasteiger partial charge in [0.25, 0.3) is 5.91 Å². The normalized spacial score (nSPS) is 12.1. The Bertz CT molecular complexity index is 1180. The number of carbonyl (C=O) groups excluding carboxylic acids is 2. The molecule has 0 bridgehead atoms. The van der Waals surface area contributed by atoms with Gasteiger partial charge in [0.2, 0.25) is 0 Å². The van der Waals surface area contributed by atoms with Crippen LogP contribution in [-0.2, 0) is 20.9 Å². The van der Waals surface area contributed by atoms with Crippen molar-refractivity contribution in [2.24, 2.45) is 4.99 Å². The molecule has 0 saturated heterocycles. The van der Waals surface area contributed by atoms with Gasteiger partial charge in [-0.15, -0.1) is 0 Å². The number of amides is 1. The lowest BCUT2D eigenvalue weighted by Gasteiger charge is -2.05. The molecule has 150 valence electrons. The highest BCUT2D eigenvalue weighted by molar-refractivity contribution is 7.16. The molecule has 5 nitrogen and oxygen atoms in total. The quantitative estimate of drug-likeness (QED) is 0.441. The highest BCUT2D eigenvalue weighted by atomic mass is 35.5. The minimum Gasteiger partial charge on any atom is -0.465 e. The fourth-order valence-corrected chi connectivity index (χ4v) is 3.87. The Labute approximate surface area is 173 Å². The van der Waals surface area contributed by atoms with Crippen molar-refractivity contribution in [1.29, 1.82) is 0 Å². The van der Waals surface area contributed by atoms with Gasteiger partial charge in [0.1, 0.15) is 12.4 Å². The van der Waals surface area contributed by atoms with Crippen LogP contribution in [0.2, 0.25) is 5.02 Å². The maximum atomic E-state index is 14.3. The van der Waals surface area contributed by atoms with Gasteiger partial charge in [-0.2, -0.15) is 4.99 Å². The third kappa shape index (κ3) is 4.96. The molecule has 0 atom stereocenters. The summed E-state index contributed by atoms with van der Waals surface area (Å²) in [4.78, 5) is 28.2. The van der Waals surface area contributed by atoms with Gasteiger partial charge < -0.3 is 9.30 Å². The number of benzene rings is 2. The first-order valence-electron chi connectivity index (χ1n) is 8.54. The van der Waals surface area contributed by atoms with E-state index in [1.54, 1.807) is 31.2 Å². The number of aromatic nitrogens is 1. The Balaban J connectivity index is 2.05. The standard InChI is InChI=1S/C20H15ClF2N2O3S/c1-2-28-18(27)11-25-19-15(23)9-13(22)10-16(19)29-20(25)24-17(26)8-7-12-5-3-4-6-14(12)21/h3-10H,2,11H2,1H3. The molecule has 2 aromatic carbocycles. The summed E-state index contributed by atoms with van der Waals surface area (Å²) in [5.41, 5.74) is 0.604. The predicted molar refractivity (Wildman–Crippen MR) is 107 cm³/mol. The lowest BCUT2D eigenvalue weighted by atomic mass is 10.2. The summed E-state index contributed by atoms with van der Waals surface area (Å²) >= 11 is 6.94. The monoisotopic (exact) mass is 436 g/mol. The van der Waals surface area contributed by atoms with Gasteiger partial charge in [-0.1, -0.05) is 41.1 Å². The molecule has 0 fully saturated rings. The number of ether oxygens (including phenoxy) is 1. The second kappa shape index (κ2) is 9.11. The zero-order chi connectivity index (χ0) is 21.0. The van der Waals surface area contributed by atoms with Crippen LogP contribution in [0.5, 0.6) is 0 Å². The molecule has 0 radical (unpaired) electrons. The Kier molecular flexibility index (Phi) is 6.56. The molecule has 9 heteroatoms. The van der Waals surface area contributed by atoms with E-state index in [0.717, 1.165) is 17.4 Å². The molecule has 0 unspecified atom stereocenters. The maximum Gasteiger partial charge on any atom is 0.326 e. The van der Waals surface area contributed by atoms with E-state index in [4.69, 9.17) is 16.3 Å². The zero-order valence-corrected chi connectivity index (χ0v) is 16.8. The number of hydrogen-bond donors (Lipinski definition) is 0. The fourth-order valence-electron chi connectivity index (χ4n) is 2.60. The van der Waals surface area contributed by atoms with Crippen LogP contribution in [0.25, 0.3) is 16.3 Å². The molecule has 1 heterocycles. The predicted octanol–water partition coefficient (Wildman–Crippen LogP) is 4.34. The van der Waals surface area contributed by atoms with Crippen molar-refractivity contribution >= 4 is 51.1 Å². The second-order valence-corrected chi connectivity index (χ2v) is 7.23. The van der Waals surface area contributed by atoms with Gasteiger partial charge in [-0.25, -0.2) is 8.78 Å². The van der Waals surface area contributed by atoms with Gasteiger partial charge in [0, 0.05) is 17.2 Å². The van der Waals surface area contributed by atoms with Crippen LogP contribution in [0.15, 0.2) is 47.5 Å². The van der Waals surface area contributed by atoms with E-state index in [-0.39, 0.29) is 28.2 Å². The Morgan fingerprint density at radius 1 is 1.28 bits per heavy atom. The van der Waals surface area contributed by atoms with Crippen molar-refractivity contribution in [3.8, 4) is 0 Å². The Morgan fingerprint density at radius 3 is 2.76 bits per heavy atom. The lowest BCUT2D eigenvalue weighted by molar-refractivity contribution is -0.143. The summed E-state index contributed by atoms with van der Waals surface area (Å²) in [5, 5.41) is 0.466. The molecular formula is C20H15ClF2N2O3S. The van der Waals surface area contributed by atoms with Crippen molar-refractivity contribution in [3.05, 3.63) is 69.5 Å². The third-order valence-electron chi connectivity index (χ3n) is 3.80. The lowest BCUT2D eigenvalue weighted by Crippen LogP contribution is -2.23. The van der Waals surface area contributed by atoms with Crippen molar-refractivity contribution in [1.82, 2.24) is 4.57 Å². The fraction of sp³-hybridized carbons (Fsp3) is 0.150. The highest BCUT2D eigenvalue weighted by Crippen LogP contribution is 2.22. The molecule has 1 amide bonds. The van der Waals surface area contributed by atoms with E-state index in [1.165, 1.54) is 16.7 Å². The van der Waals surface area contributed by atoms with Crippen LogP contribution < -0.4 is 4.80 Å². The molecule has 0 aliphatic rings. The summed E-state index contributed by atoms with van der Waals surface area (Å²) in [7, 11) is 0. The second-order valence-electron chi connectivity index (χ2n) is 5.82. The van der Waals surface area contributed by atoms with Crippen LogP contribution in [0.3, 0.4) is 0 Å². The van der Waals surface area contributed by atoms with E-state index in [2.05, 4.69) is 4.99 Å². The first-order valence-corrected chi connectivity index (χ1v) is 9.73. The zero-order valence-electron chi connectivity index (χ0n) is 15.2. The average molecular weight is 437 g/mol. The van der Waals surface area contributed by atoms with Gasteiger partial charge in [0.05, 0.1) is 16.8 Å². The SMILES string of the molecule is CCOC(=O)Cn1c(=NC(=O)C=Cc2ccccc2Cl)sc2cc(F)cc(F)c21. The number of carbonyl (C=O) groups is 2. The number of halogens is 3.